The summed E-state index contributed by atoms with van der Waals surface area (Å²) in [6.07, 6.45) is 1.55. The number of hydrogen-bond acceptors (Lipinski definition) is 4. The zero-order valence-electron chi connectivity index (χ0n) is 5.07. The second kappa shape index (κ2) is 1.66. The maximum Gasteiger partial charge on any atom is 0.199 e. The van der Waals surface area contributed by atoms with Crippen molar-refractivity contribution in [3.8, 4) is 0 Å². The minimum atomic E-state index is 0.400. The van der Waals surface area contributed by atoms with Gasteiger partial charge in [0, 0.05) is 6.07 Å². The molecule has 10 heavy (non-hydrogen) atoms. The molecular weight excluding hydrogens is 130 g/mol. The lowest BCUT2D eigenvalue weighted by Gasteiger charge is -1.87. The summed E-state index contributed by atoms with van der Waals surface area (Å²) in [4.78, 5) is 6.74. The molecular formula is C5H5N5. The van der Waals surface area contributed by atoms with E-state index in [-0.39, 0.29) is 0 Å². The minimum absolute atomic E-state index is 0.400. The van der Waals surface area contributed by atoms with Crippen LogP contribution in [0.25, 0.3) is 11.2 Å². The molecule has 0 saturated heterocycles. The zero-order chi connectivity index (χ0) is 6.97. The van der Waals surface area contributed by atoms with Crippen LogP contribution in [0.3, 0.4) is 0 Å². The fourth-order valence-corrected chi connectivity index (χ4v) is 0.765. The summed E-state index contributed by atoms with van der Waals surface area (Å²) in [7, 11) is 0. The van der Waals surface area contributed by atoms with Crippen molar-refractivity contribution in [2.75, 3.05) is 5.73 Å². The molecule has 5 heteroatoms. The summed E-state index contributed by atoms with van der Waals surface area (Å²) >= 11 is 0. The monoisotopic (exact) mass is 135 g/mol. The summed E-state index contributed by atoms with van der Waals surface area (Å²) < 4.78 is 0. The molecule has 0 atom stereocenters. The zero-order valence-corrected chi connectivity index (χ0v) is 5.07. The Morgan fingerprint density at radius 3 is 3.20 bits per heavy atom. The molecule has 0 unspecified atom stereocenters. The van der Waals surface area contributed by atoms with Crippen LogP contribution >= 0.6 is 0 Å². The molecule has 5 nitrogen and oxygen atoms in total. The van der Waals surface area contributed by atoms with Crippen LogP contribution in [0, 0.1) is 0 Å². The highest BCUT2D eigenvalue weighted by Crippen LogP contribution is 2.05. The first-order valence-corrected chi connectivity index (χ1v) is 2.78. The van der Waals surface area contributed by atoms with Crippen molar-refractivity contribution in [3.05, 3.63) is 12.4 Å². The van der Waals surface area contributed by atoms with E-state index in [1.165, 1.54) is 0 Å². The van der Waals surface area contributed by atoms with E-state index < -0.39 is 0 Å². The maximum absolute atomic E-state index is 5.36. The Labute approximate surface area is 56.3 Å². The summed E-state index contributed by atoms with van der Waals surface area (Å²) in [6.45, 7) is 0. The molecule has 2 heterocycles. The first-order valence-electron chi connectivity index (χ1n) is 2.78. The van der Waals surface area contributed by atoms with Gasteiger partial charge in [0.05, 0.1) is 11.8 Å². The summed E-state index contributed by atoms with van der Waals surface area (Å²) in [6, 6.07) is 1.69. The minimum Gasteiger partial charge on any atom is -0.382 e. The Morgan fingerprint density at radius 1 is 1.40 bits per heavy atom. The van der Waals surface area contributed by atoms with Crippen molar-refractivity contribution < 1.29 is 0 Å². The standard InChI is InChI=1S/C5H5N5/c6-4-1-3-5(10-9-4)8-2-7-3/h1-2H,(H2,6,9)(H,7,8,10). The molecule has 0 aromatic carbocycles. The number of rotatable bonds is 0. The molecule has 3 N–H and O–H groups in total. The lowest BCUT2D eigenvalue weighted by Crippen LogP contribution is -1.91. The van der Waals surface area contributed by atoms with Crippen molar-refractivity contribution in [1.29, 1.82) is 0 Å². The van der Waals surface area contributed by atoms with Crippen LogP contribution in [0.1, 0.15) is 0 Å². The lowest BCUT2D eigenvalue weighted by molar-refractivity contribution is 1.07. The number of anilines is 1. The number of aromatic nitrogens is 4. The summed E-state index contributed by atoms with van der Waals surface area (Å²) in [5.41, 5.74) is 6.77. The van der Waals surface area contributed by atoms with E-state index in [4.69, 9.17) is 5.73 Å². The van der Waals surface area contributed by atoms with Crippen LogP contribution in [-0.2, 0) is 0 Å². The smallest absolute Gasteiger partial charge is 0.199 e. The highest BCUT2D eigenvalue weighted by atomic mass is 15.2. The normalized spacial score (nSPS) is 10.4. The van der Waals surface area contributed by atoms with Crippen LogP contribution < -0.4 is 5.73 Å². The van der Waals surface area contributed by atoms with Gasteiger partial charge in [0.25, 0.3) is 0 Å². The second-order valence-electron chi connectivity index (χ2n) is 1.91. The molecule has 0 bridgehead atoms. The van der Waals surface area contributed by atoms with Crippen molar-refractivity contribution in [3.63, 3.8) is 0 Å². The van der Waals surface area contributed by atoms with Crippen LogP contribution in [-0.4, -0.2) is 20.2 Å². The van der Waals surface area contributed by atoms with Gasteiger partial charge in [-0.2, -0.15) is 0 Å². The van der Waals surface area contributed by atoms with E-state index in [1.54, 1.807) is 12.4 Å². The molecule has 0 aliphatic heterocycles. The van der Waals surface area contributed by atoms with Crippen LogP contribution in [0.5, 0.6) is 0 Å². The van der Waals surface area contributed by atoms with Gasteiger partial charge < -0.3 is 10.7 Å². The van der Waals surface area contributed by atoms with Gasteiger partial charge in [-0.15, -0.1) is 10.2 Å². The number of nitrogen functional groups attached to an aromatic ring is 1. The molecule has 0 fully saturated rings. The second-order valence-corrected chi connectivity index (χ2v) is 1.91. The van der Waals surface area contributed by atoms with Crippen molar-refractivity contribution in [2.45, 2.75) is 0 Å². The Balaban J connectivity index is 2.86. The van der Waals surface area contributed by atoms with Crippen molar-refractivity contribution in [2.24, 2.45) is 0 Å². The Morgan fingerprint density at radius 2 is 2.30 bits per heavy atom. The third-order valence-electron chi connectivity index (χ3n) is 1.20. The average Bonchev–Trinajstić information content (AvgIpc) is 2.33. The van der Waals surface area contributed by atoms with E-state index in [2.05, 4.69) is 20.2 Å². The lowest BCUT2D eigenvalue weighted by atomic mass is 10.5. The quantitative estimate of drug-likeness (QED) is 0.530. The highest BCUT2D eigenvalue weighted by Gasteiger charge is 1.96. The van der Waals surface area contributed by atoms with E-state index in [0.29, 0.717) is 11.5 Å². The van der Waals surface area contributed by atoms with Gasteiger partial charge in [-0.25, -0.2) is 4.98 Å². The van der Waals surface area contributed by atoms with E-state index in [9.17, 15) is 0 Å². The molecule has 0 spiro atoms. The predicted molar refractivity (Wildman–Crippen MR) is 36.1 cm³/mol. The molecule has 0 aliphatic rings. The number of nitrogens with zero attached hydrogens (tertiary/aromatic N) is 3. The Hall–Kier alpha value is -1.65. The van der Waals surface area contributed by atoms with Crippen LogP contribution in [0.4, 0.5) is 5.82 Å². The summed E-state index contributed by atoms with van der Waals surface area (Å²) in [5, 5.41) is 7.35. The van der Waals surface area contributed by atoms with Gasteiger partial charge in [0.2, 0.25) is 0 Å². The van der Waals surface area contributed by atoms with Gasteiger partial charge in [-0.05, 0) is 0 Å². The first-order chi connectivity index (χ1) is 4.86. The van der Waals surface area contributed by atoms with Crippen LogP contribution in [0.2, 0.25) is 0 Å². The molecule has 50 valence electrons. The number of hydrogen-bond donors (Lipinski definition) is 2. The number of fused-ring (bicyclic) bond motifs is 1. The van der Waals surface area contributed by atoms with Crippen LogP contribution in [0.15, 0.2) is 12.4 Å². The molecule has 2 rings (SSSR count). The van der Waals surface area contributed by atoms with Gasteiger partial charge in [-0.3, -0.25) is 0 Å². The molecule has 2 aromatic rings. The SMILES string of the molecule is Nc1cc2[nH]cnc2nn1. The van der Waals surface area contributed by atoms with Crippen molar-refractivity contribution >= 4 is 17.0 Å². The number of aromatic amines is 1. The first kappa shape index (κ1) is 5.16. The summed E-state index contributed by atoms with van der Waals surface area (Å²) in [5.74, 6) is 0.400. The molecule has 0 aliphatic carbocycles. The molecule has 0 amide bonds. The number of nitrogens with two attached hydrogens (primary N) is 1. The number of nitrogens with one attached hydrogen (secondary N) is 1. The van der Waals surface area contributed by atoms with Crippen molar-refractivity contribution in [1.82, 2.24) is 20.2 Å². The molecule has 0 saturated carbocycles. The highest BCUT2D eigenvalue weighted by molar-refractivity contribution is 5.71. The molecule has 0 radical (unpaired) electrons. The molecule has 2 aromatic heterocycles. The third kappa shape index (κ3) is 0.604. The van der Waals surface area contributed by atoms with Gasteiger partial charge in [-0.1, -0.05) is 0 Å². The van der Waals surface area contributed by atoms with Gasteiger partial charge in [0.15, 0.2) is 5.65 Å². The average molecular weight is 135 g/mol. The fraction of sp³-hybridized carbons (Fsp3) is 0. The van der Waals surface area contributed by atoms with E-state index in [1.807, 2.05) is 0 Å². The van der Waals surface area contributed by atoms with Gasteiger partial charge >= 0.3 is 0 Å². The van der Waals surface area contributed by atoms with E-state index >= 15 is 0 Å². The fourth-order valence-electron chi connectivity index (χ4n) is 0.765. The predicted octanol–water partition coefficient (Wildman–Crippen LogP) is -0.0649. The topological polar surface area (TPSA) is 80.5 Å². The maximum atomic E-state index is 5.36. The Bertz CT molecular complexity index is 352. The Kier molecular flexibility index (Phi) is 0.858. The van der Waals surface area contributed by atoms with E-state index in [0.717, 1.165) is 5.52 Å². The largest absolute Gasteiger partial charge is 0.382 e. The third-order valence-corrected chi connectivity index (χ3v) is 1.20. The number of imidazole rings is 1. The number of H-pyrrole nitrogens is 1. The van der Waals surface area contributed by atoms with Gasteiger partial charge in [0.1, 0.15) is 5.82 Å².